The van der Waals surface area contributed by atoms with E-state index in [9.17, 15) is 5.11 Å². The van der Waals surface area contributed by atoms with Gasteiger partial charge < -0.3 is 15.4 Å². The topological polar surface area (TPSA) is 72.3 Å². The maximum absolute atomic E-state index is 10.1. The molecule has 0 unspecified atom stereocenters. The van der Waals surface area contributed by atoms with Crippen molar-refractivity contribution >= 4 is 17.6 Å². The van der Waals surface area contributed by atoms with Crippen LogP contribution in [0.3, 0.4) is 0 Å². The summed E-state index contributed by atoms with van der Waals surface area (Å²) >= 11 is 1.54. The van der Waals surface area contributed by atoms with E-state index in [0.29, 0.717) is 11.1 Å². The van der Waals surface area contributed by atoms with E-state index in [1.807, 2.05) is 25.3 Å². The second kappa shape index (κ2) is 4.09. The van der Waals surface area contributed by atoms with Crippen LogP contribution >= 0.6 is 11.8 Å². The Morgan fingerprint density at radius 2 is 2.19 bits per heavy atom. The fraction of sp³-hybridized carbons (Fsp3) is 0.182. The number of aromatic nitrogens is 1. The minimum absolute atomic E-state index is 0.219. The SMILES string of the molecule is CSc1ccc(C)c(O)c1-c1cnoc1N. The van der Waals surface area contributed by atoms with Crippen molar-refractivity contribution in [3.05, 3.63) is 23.9 Å². The van der Waals surface area contributed by atoms with E-state index < -0.39 is 0 Å². The van der Waals surface area contributed by atoms with Crippen LogP contribution in [-0.4, -0.2) is 16.5 Å². The summed E-state index contributed by atoms with van der Waals surface area (Å²) in [5.41, 5.74) is 7.78. The summed E-state index contributed by atoms with van der Waals surface area (Å²) in [7, 11) is 0. The quantitative estimate of drug-likeness (QED) is 0.784. The Bertz CT molecular complexity index is 523. The number of phenols is 1. The third-order valence-corrected chi connectivity index (χ3v) is 3.21. The van der Waals surface area contributed by atoms with Gasteiger partial charge in [0.2, 0.25) is 5.88 Å². The van der Waals surface area contributed by atoms with E-state index in [1.165, 1.54) is 6.20 Å². The Morgan fingerprint density at radius 1 is 1.44 bits per heavy atom. The summed E-state index contributed by atoms with van der Waals surface area (Å²) in [6.45, 7) is 1.84. The zero-order valence-corrected chi connectivity index (χ0v) is 9.84. The van der Waals surface area contributed by atoms with Crippen LogP contribution in [0.25, 0.3) is 11.1 Å². The lowest BCUT2D eigenvalue weighted by molar-refractivity contribution is 0.436. The molecule has 2 rings (SSSR count). The van der Waals surface area contributed by atoms with E-state index in [1.54, 1.807) is 11.8 Å². The van der Waals surface area contributed by atoms with Crippen molar-refractivity contribution in [1.29, 1.82) is 0 Å². The molecule has 0 aliphatic heterocycles. The molecule has 0 fully saturated rings. The number of aryl methyl sites for hydroxylation is 1. The average Bonchev–Trinajstić information content (AvgIpc) is 2.68. The fourth-order valence-corrected chi connectivity index (χ4v) is 2.16. The molecule has 5 heteroatoms. The lowest BCUT2D eigenvalue weighted by Crippen LogP contribution is -1.89. The zero-order valence-electron chi connectivity index (χ0n) is 9.02. The highest BCUT2D eigenvalue weighted by atomic mass is 32.2. The van der Waals surface area contributed by atoms with Crippen molar-refractivity contribution in [1.82, 2.24) is 5.16 Å². The maximum Gasteiger partial charge on any atom is 0.230 e. The number of nitrogens with two attached hydrogens (primary N) is 1. The molecule has 0 radical (unpaired) electrons. The molecule has 1 aromatic carbocycles. The van der Waals surface area contributed by atoms with Gasteiger partial charge in [-0.1, -0.05) is 11.2 Å². The van der Waals surface area contributed by atoms with Gasteiger partial charge in [0.15, 0.2) is 0 Å². The monoisotopic (exact) mass is 236 g/mol. The molecule has 84 valence electrons. The first-order chi connectivity index (χ1) is 7.65. The van der Waals surface area contributed by atoms with E-state index in [-0.39, 0.29) is 11.6 Å². The molecule has 1 aromatic heterocycles. The highest BCUT2D eigenvalue weighted by Crippen LogP contribution is 2.41. The third-order valence-electron chi connectivity index (χ3n) is 2.43. The number of thioether (sulfide) groups is 1. The van der Waals surface area contributed by atoms with Crippen molar-refractivity contribution in [2.45, 2.75) is 11.8 Å². The zero-order chi connectivity index (χ0) is 11.7. The molecule has 0 aliphatic rings. The highest BCUT2D eigenvalue weighted by Gasteiger charge is 2.17. The Hall–Kier alpha value is -1.62. The summed E-state index contributed by atoms with van der Waals surface area (Å²) in [5, 5.41) is 13.7. The van der Waals surface area contributed by atoms with Gasteiger partial charge in [-0.05, 0) is 24.8 Å². The molecule has 0 saturated carbocycles. The number of anilines is 1. The lowest BCUT2D eigenvalue weighted by Gasteiger charge is -2.10. The summed E-state index contributed by atoms with van der Waals surface area (Å²) in [4.78, 5) is 0.943. The molecule has 0 bridgehead atoms. The molecule has 0 atom stereocenters. The number of phenolic OH excluding ortho intramolecular Hbond substituents is 1. The lowest BCUT2D eigenvalue weighted by atomic mass is 10.0. The summed E-state index contributed by atoms with van der Waals surface area (Å²) in [6, 6.07) is 3.82. The van der Waals surface area contributed by atoms with E-state index >= 15 is 0 Å². The maximum atomic E-state index is 10.1. The number of hydrogen-bond acceptors (Lipinski definition) is 5. The Labute approximate surface area is 97.4 Å². The molecule has 16 heavy (non-hydrogen) atoms. The highest BCUT2D eigenvalue weighted by molar-refractivity contribution is 7.98. The number of rotatable bonds is 2. The van der Waals surface area contributed by atoms with Crippen molar-refractivity contribution in [3.63, 3.8) is 0 Å². The molecule has 0 spiro atoms. The smallest absolute Gasteiger partial charge is 0.230 e. The molecular formula is C11H12N2O2S. The first kappa shape index (κ1) is 10.9. The molecule has 2 aromatic rings. The van der Waals surface area contributed by atoms with Crippen molar-refractivity contribution in [2.75, 3.05) is 12.0 Å². The van der Waals surface area contributed by atoms with Crippen LogP contribution in [0.15, 0.2) is 27.7 Å². The number of aromatic hydroxyl groups is 1. The van der Waals surface area contributed by atoms with Crippen LogP contribution in [0.4, 0.5) is 5.88 Å². The van der Waals surface area contributed by atoms with Crippen LogP contribution in [0, 0.1) is 6.92 Å². The normalized spacial score (nSPS) is 10.6. The molecule has 3 N–H and O–H groups in total. The summed E-state index contributed by atoms with van der Waals surface area (Å²) in [6.07, 6.45) is 3.46. The molecule has 0 saturated heterocycles. The second-order valence-electron chi connectivity index (χ2n) is 3.41. The van der Waals surface area contributed by atoms with Gasteiger partial charge in [-0.3, -0.25) is 0 Å². The van der Waals surface area contributed by atoms with Gasteiger partial charge in [0, 0.05) is 10.5 Å². The molecule has 1 heterocycles. The molecule has 4 nitrogen and oxygen atoms in total. The van der Waals surface area contributed by atoms with Gasteiger partial charge in [-0.2, -0.15) is 0 Å². The van der Waals surface area contributed by atoms with Crippen LogP contribution < -0.4 is 5.73 Å². The number of nitrogens with zero attached hydrogens (tertiary/aromatic N) is 1. The predicted octanol–water partition coefficient (Wildman–Crippen LogP) is 2.66. The van der Waals surface area contributed by atoms with Crippen molar-refractivity contribution in [3.8, 4) is 16.9 Å². The summed E-state index contributed by atoms with van der Waals surface area (Å²) in [5.74, 6) is 0.443. The van der Waals surface area contributed by atoms with Crippen molar-refractivity contribution < 1.29 is 9.63 Å². The average molecular weight is 236 g/mol. The molecule has 0 aliphatic carbocycles. The van der Waals surface area contributed by atoms with Crippen LogP contribution in [-0.2, 0) is 0 Å². The first-order valence-corrected chi connectivity index (χ1v) is 5.94. The summed E-state index contributed by atoms with van der Waals surface area (Å²) < 4.78 is 4.82. The van der Waals surface area contributed by atoms with Gasteiger partial charge in [0.1, 0.15) is 5.75 Å². The van der Waals surface area contributed by atoms with Crippen LogP contribution in [0.1, 0.15) is 5.56 Å². The standard InChI is InChI=1S/C11H12N2O2S/c1-6-3-4-8(16-2)9(10(6)14)7-5-13-15-11(7)12/h3-5,14H,12H2,1-2H3. The van der Waals surface area contributed by atoms with E-state index in [4.69, 9.17) is 10.3 Å². The largest absolute Gasteiger partial charge is 0.507 e. The Kier molecular flexibility index (Phi) is 2.78. The molecule has 0 amide bonds. The third kappa shape index (κ3) is 1.63. The van der Waals surface area contributed by atoms with Crippen LogP contribution in [0.2, 0.25) is 0 Å². The van der Waals surface area contributed by atoms with E-state index in [0.717, 1.165) is 10.5 Å². The van der Waals surface area contributed by atoms with Gasteiger partial charge in [-0.25, -0.2) is 0 Å². The Morgan fingerprint density at radius 3 is 2.75 bits per heavy atom. The molecular weight excluding hydrogens is 224 g/mol. The number of benzene rings is 1. The van der Waals surface area contributed by atoms with Crippen molar-refractivity contribution in [2.24, 2.45) is 0 Å². The van der Waals surface area contributed by atoms with Gasteiger partial charge in [0.25, 0.3) is 0 Å². The first-order valence-electron chi connectivity index (χ1n) is 4.72. The number of hydrogen-bond donors (Lipinski definition) is 2. The van der Waals surface area contributed by atoms with Gasteiger partial charge >= 0.3 is 0 Å². The van der Waals surface area contributed by atoms with Gasteiger partial charge in [0.05, 0.1) is 11.8 Å². The second-order valence-corrected chi connectivity index (χ2v) is 4.26. The fourth-order valence-electron chi connectivity index (χ4n) is 1.54. The predicted molar refractivity (Wildman–Crippen MR) is 64.5 cm³/mol. The minimum Gasteiger partial charge on any atom is -0.507 e. The minimum atomic E-state index is 0.219. The van der Waals surface area contributed by atoms with Gasteiger partial charge in [-0.15, -0.1) is 11.8 Å². The van der Waals surface area contributed by atoms with Crippen LogP contribution in [0.5, 0.6) is 5.75 Å². The Balaban J connectivity index is 2.72. The van der Waals surface area contributed by atoms with E-state index in [2.05, 4.69) is 5.16 Å². The number of nitrogen functional groups attached to an aromatic ring is 1.